The molecule has 0 aliphatic carbocycles. The SMILES string of the molecule is CC(OC(=O)c1cc(S(N)(=O)=O)ccc1Cl)C(=O)Nc1ccc(Cl)cc1F. The number of carbonyl (C=O) groups is 2. The van der Waals surface area contributed by atoms with Crippen molar-refractivity contribution in [2.45, 2.75) is 17.9 Å². The quantitative estimate of drug-likeness (QED) is 0.701. The Bertz CT molecular complexity index is 1010. The molecular formula is C16H13Cl2FN2O5S. The Balaban J connectivity index is 2.14. The first-order valence-corrected chi connectivity index (χ1v) is 9.58. The molecule has 0 aliphatic heterocycles. The number of hydrogen-bond acceptors (Lipinski definition) is 5. The van der Waals surface area contributed by atoms with Crippen molar-refractivity contribution in [3.63, 3.8) is 0 Å². The van der Waals surface area contributed by atoms with Crippen LogP contribution in [0.5, 0.6) is 0 Å². The molecule has 7 nitrogen and oxygen atoms in total. The summed E-state index contributed by atoms with van der Waals surface area (Å²) in [6, 6.07) is 6.83. The van der Waals surface area contributed by atoms with Crippen LogP contribution in [0.3, 0.4) is 0 Å². The summed E-state index contributed by atoms with van der Waals surface area (Å²) >= 11 is 11.5. The Kier molecular flexibility index (Phi) is 6.42. The van der Waals surface area contributed by atoms with Crippen LogP contribution in [0.2, 0.25) is 10.0 Å². The summed E-state index contributed by atoms with van der Waals surface area (Å²) in [7, 11) is -4.07. The molecule has 0 heterocycles. The Hall–Kier alpha value is -2.20. The highest BCUT2D eigenvalue weighted by Crippen LogP contribution is 2.22. The molecule has 1 atom stereocenters. The minimum absolute atomic E-state index is 0.0937. The number of sulfonamides is 1. The van der Waals surface area contributed by atoms with E-state index in [4.69, 9.17) is 33.1 Å². The summed E-state index contributed by atoms with van der Waals surface area (Å²) in [5.74, 6) is -2.63. The van der Waals surface area contributed by atoms with E-state index < -0.39 is 33.8 Å². The van der Waals surface area contributed by atoms with Crippen molar-refractivity contribution >= 4 is 50.8 Å². The number of ether oxygens (including phenoxy) is 1. The fraction of sp³-hybridized carbons (Fsp3) is 0.125. The summed E-state index contributed by atoms with van der Waals surface area (Å²) in [4.78, 5) is 24.0. The van der Waals surface area contributed by atoms with E-state index in [1.807, 2.05) is 0 Å². The summed E-state index contributed by atoms with van der Waals surface area (Å²) in [5.41, 5.74) is -0.443. The number of benzene rings is 2. The van der Waals surface area contributed by atoms with Crippen molar-refractivity contribution < 1.29 is 27.1 Å². The predicted octanol–water partition coefficient (Wildman–Crippen LogP) is 2.96. The molecular weight excluding hydrogens is 422 g/mol. The lowest BCUT2D eigenvalue weighted by Gasteiger charge is -2.15. The first-order chi connectivity index (χ1) is 12.5. The van der Waals surface area contributed by atoms with Gasteiger partial charge in [-0.1, -0.05) is 23.2 Å². The molecule has 2 aromatic rings. The summed E-state index contributed by atoms with van der Waals surface area (Å²) in [6.45, 7) is 1.25. The zero-order chi connectivity index (χ0) is 20.4. The van der Waals surface area contributed by atoms with Crippen LogP contribution < -0.4 is 10.5 Å². The highest BCUT2D eigenvalue weighted by molar-refractivity contribution is 7.89. The van der Waals surface area contributed by atoms with Gasteiger partial charge in [-0.05, 0) is 43.3 Å². The minimum Gasteiger partial charge on any atom is -0.449 e. The van der Waals surface area contributed by atoms with Gasteiger partial charge in [0.05, 0.1) is 21.2 Å². The third-order valence-electron chi connectivity index (χ3n) is 3.33. The molecule has 1 amide bonds. The third-order valence-corrected chi connectivity index (χ3v) is 4.80. The number of amides is 1. The lowest BCUT2D eigenvalue weighted by atomic mass is 10.2. The highest BCUT2D eigenvalue weighted by Gasteiger charge is 2.23. The van der Waals surface area contributed by atoms with Gasteiger partial charge >= 0.3 is 5.97 Å². The summed E-state index contributed by atoms with van der Waals surface area (Å²) in [5, 5.41) is 7.30. The number of hydrogen-bond donors (Lipinski definition) is 2. The van der Waals surface area contributed by atoms with Gasteiger partial charge in [0, 0.05) is 5.02 Å². The van der Waals surface area contributed by atoms with Crippen LogP contribution in [0.1, 0.15) is 17.3 Å². The Morgan fingerprint density at radius 2 is 1.85 bits per heavy atom. The van der Waals surface area contributed by atoms with Gasteiger partial charge in [0.15, 0.2) is 6.10 Å². The fourth-order valence-corrected chi connectivity index (χ4v) is 2.83. The van der Waals surface area contributed by atoms with Gasteiger partial charge in [0.1, 0.15) is 5.82 Å². The second-order valence-electron chi connectivity index (χ2n) is 5.35. The van der Waals surface area contributed by atoms with Crippen molar-refractivity contribution in [1.29, 1.82) is 0 Å². The number of halogens is 3. The van der Waals surface area contributed by atoms with Gasteiger partial charge in [-0.3, -0.25) is 4.79 Å². The molecule has 0 aromatic heterocycles. The van der Waals surface area contributed by atoms with Gasteiger partial charge in [0.2, 0.25) is 10.0 Å². The van der Waals surface area contributed by atoms with Crippen molar-refractivity contribution in [2.75, 3.05) is 5.32 Å². The maximum Gasteiger partial charge on any atom is 0.340 e. The Labute approximate surface area is 164 Å². The van der Waals surface area contributed by atoms with E-state index in [9.17, 15) is 22.4 Å². The lowest BCUT2D eigenvalue weighted by molar-refractivity contribution is -0.123. The molecule has 0 saturated heterocycles. The number of primary sulfonamides is 1. The van der Waals surface area contributed by atoms with Crippen LogP contribution in [0.15, 0.2) is 41.3 Å². The smallest absolute Gasteiger partial charge is 0.340 e. The number of nitrogens with two attached hydrogens (primary N) is 1. The molecule has 0 fully saturated rings. The van der Waals surface area contributed by atoms with Crippen molar-refractivity contribution in [3.05, 3.63) is 57.8 Å². The molecule has 0 spiro atoms. The molecule has 0 aliphatic rings. The first-order valence-electron chi connectivity index (χ1n) is 7.28. The first kappa shape index (κ1) is 21.1. The topological polar surface area (TPSA) is 116 Å². The third kappa shape index (κ3) is 5.39. The van der Waals surface area contributed by atoms with Crippen molar-refractivity contribution in [2.24, 2.45) is 5.14 Å². The van der Waals surface area contributed by atoms with Gasteiger partial charge in [-0.15, -0.1) is 0 Å². The number of rotatable bonds is 5. The summed E-state index contributed by atoms with van der Waals surface area (Å²) < 4.78 is 41.4. The average Bonchev–Trinajstić information content (AvgIpc) is 2.56. The Morgan fingerprint density at radius 1 is 1.19 bits per heavy atom. The molecule has 27 heavy (non-hydrogen) atoms. The maximum atomic E-state index is 13.7. The summed E-state index contributed by atoms with van der Waals surface area (Å²) in [6.07, 6.45) is -1.33. The zero-order valence-electron chi connectivity index (χ0n) is 13.7. The van der Waals surface area contributed by atoms with E-state index in [1.54, 1.807) is 0 Å². The average molecular weight is 435 g/mol. The molecule has 3 N–H and O–H groups in total. The molecule has 144 valence electrons. The minimum atomic E-state index is -4.07. The van der Waals surface area contributed by atoms with Gasteiger partial charge in [0.25, 0.3) is 5.91 Å². The largest absolute Gasteiger partial charge is 0.449 e. The van der Waals surface area contributed by atoms with Gasteiger partial charge in [-0.2, -0.15) is 0 Å². The number of anilines is 1. The van der Waals surface area contributed by atoms with Crippen LogP contribution in [0.25, 0.3) is 0 Å². The standard InChI is InChI=1S/C16H13Cl2FN2O5S/c1-8(15(22)21-14-5-2-9(17)6-13(14)19)26-16(23)11-7-10(27(20,24)25)3-4-12(11)18/h2-8H,1H3,(H,21,22)(H2,20,24,25). The number of carbonyl (C=O) groups excluding carboxylic acids is 2. The molecule has 11 heteroatoms. The van der Waals surface area contributed by atoms with Crippen molar-refractivity contribution in [1.82, 2.24) is 0 Å². The van der Waals surface area contributed by atoms with Crippen LogP contribution in [0.4, 0.5) is 10.1 Å². The van der Waals surface area contributed by atoms with Crippen LogP contribution in [0, 0.1) is 5.82 Å². The number of esters is 1. The van der Waals surface area contributed by atoms with Crippen LogP contribution >= 0.6 is 23.2 Å². The highest BCUT2D eigenvalue weighted by atomic mass is 35.5. The van der Waals surface area contributed by atoms with Gasteiger partial charge in [-0.25, -0.2) is 22.7 Å². The van der Waals surface area contributed by atoms with E-state index in [1.165, 1.54) is 19.1 Å². The van der Waals surface area contributed by atoms with E-state index in [0.717, 1.165) is 24.3 Å². The molecule has 0 saturated carbocycles. The zero-order valence-corrected chi connectivity index (χ0v) is 16.0. The second-order valence-corrected chi connectivity index (χ2v) is 7.75. The fourth-order valence-electron chi connectivity index (χ4n) is 1.94. The molecule has 0 radical (unpaired) electrons. The lowest BCUT2D eigenvalue weighted by Crippen LogP contribution is -2.30. The van der Waals surface area contributed by atoms with Crippen LogP contribution in [-0.2, 0) is 19.6 Å². The number of nitrogens with one attached hydrogen (secondary N) is 1. The van der Waals surface area contributed by atoms with E-state index in [2.05, 4.69) is 5.32 Å². The van der Waals surface area contributed by atoms with E-state index in [-0.39, 0.29) is 26.2 Å². The monoisotopic (exact) mass is 434 g/mol. The molecule has 2 rings (SSSR count). The molecule has 1 unspecified atom stereocenters. The normalized spacial score (nSPS) is 12.3. The van der Waals surface area contributed by atoms with E-state index in [0.29, 0.717) is 0 Å². The van der Waals surface area contributed by atoms with Crippen LogP contribution in [-0.4, -0.2) is 26.4 Å². The predicted molar refractivity (Wildman–Crippen MR) is 97.7 cm³/mol. The molecule has 2 aromatic carbocycles. The molecule has 0 bridgehead atoms. The Morgan fingerprint density at radius 3 is 2.44 bits per heavy atom. The van der Waals surface area contributed by atoms with Gasteiger partial charge < -0.3 is 10.1 Å². The van der Waals surface area contributed by atoms with E-state index >= 15 is 0 Å². The van der Waals surface area contributed by atoms with Crippen molar-refractivity contribution in [3.8, 4) is 0 Å². The second kappa shape index (κ2) is 8.22. The maximum absolute atomic E-state index is 13.7.